The Morgan fingerprint density at radius 3 is 2.38 bits per heavy atom. The Hall–Kier alpha value is -2.11. The van der Waals surface area contributed by atoms with E-state index in [1.54, 1.807) is 13.1 Å². The van der Waals surface area contributed by atoms with E-state index in [1.807, 2.05) is 33.8 Å². The van der Waals surface area contributed by atoms with Crippen LogP contribution in [0.2, 0.25) is 0 Å². The van der Waals surface area contributed by atoms with Crippen molar-refractivity contribution in [3.63, 3.8) is 0 Å². The zero-order valence-electron chi connectivity index (χ0n) is 13.3. The largest absolute Gasteiger partial charge is 0.329 e. The van der Waals surface area contributed by atoms with Gasteiger partial charge in [-0.2, -0.15) is 0 Å². The van der Waals surface area contributed by atoms with Gasteiger partial charge in [-0.3, -0.25) is 24.0 Å². The molecule has 0 radical (unpaired) electrons. The molecule has 2 heterocycles. The maximum atomic E-state index is 12.2. The second-order valence-corrected chi connectivity index (χ2v) is 4.65. The Kier molecular flexibility index (Phi) is 5.69. The fourth-order valence-corrected chi connectivity index (χ4v) is 2.34. The van der Waals surface area contributed by atoms with Crippen LogP contribution >= 0.6 is 0 Å². The normalized spacial score (nSPS) is 18.4. The number of nitrogens with one attached hydrogen (secondary N) is 1. The first-order chi connectivity index (χ1) is 9.97. The lowest BCUT2D eigenvalue weighted by Crippen LogP contribution is -2.44. The molecule has 6 heteroatoms. The van der Waals surface area contributed by atoms with Crippen molar-refractivity contribution in [1.82, 2.24) is 14.5 Å². The molecule has 1 aliphatic rings. The van der Waals surface area contributed by atoms with Crippen molar-refractivity contribution in [1.29, 1.82) is 0 Å². The van der Waals surface area contributed by atoms with Gasteiger partial charge in [-0.05, 0) is 26.3 Å². The van der Waals surface area contributed by atoms with Crippen molar-refractivity contribution in [3.8, 4) is 0 Å². The van der Waals surface area contributed by atoms with Crippen LogP contribution < -0.4 is 11.0 Å². The number of aromatic nitrogens is 2. The van der Waals surface area contributed by atoms with E-state index in [9.17, 15) is 14.4 Å². The summed E-state index contributed by atoms with van der Waals surface area (Å²) >= 11 is 0. The van der Waals surface area contributed by atoms with Crippen molar-refractivity contribution in [3.05, 3.63) is 27.9 Å². The molecule has 1 atom stereocenters. The van der Waals surface area contributed by atoms with E-state index in [1.165, 1.54) is 9.13 Å². The van der Waals surface area contributed by atoms with E-state index >= 15 is 0 Å². The van der Waals surface area contributed by atoms with Gasteiger partial charge in [0.15, 0.2) is 0 Å². The van der Waals surface area contributed by atoms with Gasteiger partial charge in [0.05, 0.1) is 5.69 Å². The topological polar surface area (TPSA) is 73.1 Å². The molecule has 0 spiro atoms. The number of carbonyl (C=O) groups is 2. The summed E-state index contributed by atoms with van der Waals surface area (Å²) < 4.78 is 2.98. The van der Waals surface area contributed by atoms with Gasteiger partial charge in [0, 0.05) is 19.2 Å². The minimum absolute atomic E-state index is 0.236. The summed E-state index contributed by atoms with van der Waals surface area (Å²) in [4.78, 5) is 35.3. The molecule has 0 aromatic carbocycles. The van der Waals surface area contributed by atoms with Crippen LogP contribution in [-0.2, 0) is 16.6 Å². The van der Waals surface area contributed by atoms with Crippen molar-refractivity contribution < 1.29 is 9.59 Å². The molecule has 2 amide bonds. The highest BCUT2D eigenvalue weighted by atomic mass is 16.2. The summed E-state index contributed by atoms with van der Waals surface area (Å²) in [5, 5.41) is 2.28. The highest BCUT2D eigenvalue weighted by Crippen LogP contribution is 2.21. The first kappa shape index (κ1) is 16.9. The zero-order valence-corrected chi connectivity index (χ0v) is 13.3. The Morgan fingerprint density at radius 1 is 1.24 bits per heavy atom. The molecule has 21 heavy (non-hydrogen) atoms. The number of hydrogen-bond donors (Lipinski definition) is 1. The molecule has 1 aliphatic heterocycles. The van der Waals surface area contributed by atoms with Crippen molar-refractivity contribution in [2.24, 2.45) is 7.05 Å². The van der Waals surface area contributed by atoms with Crippen LogP contribution in [0.4, 0.5) is 0 Å². The number of carbonyl (C=O) groups excluding carboxylic acids is 2. The van der Waals surface area contributed by atoms with Crippen molar-refractivity contribution in [2.75, 3.05) is 0 Å². The van der Waals surface area contributed by atoms with E-state index in [2.05, 4.69) is 5.32 Å². The van der Waals surface area contributed by atoms with Crippen LogP contribution in [0.15, 0.2) is 10.9 Å². The number of rotatable bonds is 2. The van der Waals surface area contributed by atoms with Gasteiger partial charge in [0.2, 0.25) is 11.8 Å². The first-order valence-corrected chi connectivity index (χ1v) is 7.21. The molecule has 0 aliphatic carbocycles. The number of amides is 2. The average Bonchev–Trinajstić information content (AvgIpc) is 2.67. The Labute approximate surface area is 124 Å². The summed E-state index contributed by atoms with van der Waals surface area (Å²) in [6, 6.07) is -0.615. The monoisotopic (exact) mass is 293 g/mol. The molecule has 1 aromatic rings. The molecule has 1 aromatic heterocycles. The summed E-state index contributed by atoms with van der Waals surface area (Å²) in [5.41, 5.74) is 1.28. The molecule has 1 saturated heterocycles. The molecule has 1 unspecified atom stereocenters. The van der Waals surface area contributed by atoms with Gasteiger partial charge in [0.1, 0.15) is 6.04 Å². The minimum Gasteiger partial charge on any atom is -0.299 e. The van der Waals surface area contributed by atoms with Gasteiger partial charge in [-0.1, -0.05) is 19.9 Å². The molecule has 1 fully saturated rings. The standard InChI is InChI=1S/C13H17N3O3.C2H6/c1-4-5-9-8(2)15(3)13(19)16(9)10-6-7-11(17)14-12(10)18;1-2/h4-5,10H,6-7H2,1-3H3,(H,14,17,18);1-2H3/b5-4-;. The smallest absolute Gasteiger partial charge is 0.299 e. The average molecular weight is 293 g/mol. The third-order valence-corrected chi connectivity index (χ3v) is 3.47. The number of hydrogen-bond acceptors (Lipinski definition) is 3. The Morgan fingerprint density at radius 2 is 1.86 bits per heavy atom. The summed E-state index contributed by atoms with van der Waals surface area (Å²) in [5.74, 6) is -0.691. The van der Waals surface area contributed by atoms with Gasteiger partial charge < -0.3 is 0 Å². The number of piperidine rings is 1. The van der Waals surface area contributed by atoms with E-state index < -0.39 is 11.9 Å². The van der Waals surface area contributed by atoms with Gasteiger partial charge in [-0.25, -0.2) is 4.79 Å². The lowest BCUT2D eigenvalue weighted by Gasteiger charge is -2.22. The van der Waals surface area contributed by atoms with Crippen LogP contribution in [0.25, 0.3) is 6.08 Å². The molecule has 1 N–H and O–H groups in total. The lowest BCUT2D eigenvalue weighted by molar-refractivity contribution is -0.135. The lowest BCUT2D eigenvalue weighted by atomic mass is 10.1. The van der Waals surface area contributed by atoms with E-state index in [4.69, 9.17) is 0 Å². The van der Waals surface area contributed by atoms with Crippen LogP contribution in [0, 0.1) is 6.92 Å². The first-order valence-electron chi connectivity index (χ1n) is 7.21. The minimum atomic E-state index is -0.615. The predicted octanol–water partition coefficient (Wildman–Crippen LogP) is 1.53. The van der Waals surface area contributed by atoms with Crippen molar-refractivity contribution in [2.45, 2.75) is 46.6 Å². The molecular weight excluding hydrogens is 270 g/mol. The molecule has 6 nitrogen and oxygen atoms in total. The van der Waals surface area contributed by atoms with E-state index in [-0.39, 0.29) is 18.0 Å². The van der Waals surface area contributed by atoms with E-state index in [0.717, 1.165) is 5.69 Å². The predicted molar refractivity (Wildman–Crippen MR) is 81.9 cm³/mol. The van der Waals surface area contributed by atoms with Gasteiger partial charge in [0.25, 0.3) is 0 Å². The highest BCUT2D eigenvalue weighted by Gasteiger charge is 2.31. The quantitative estimate of drug-likeness (QED) is 0.840. The maximum Gasteiger partial charge on any atom is 0.329 e. The second kappa shape index (κ2) is 7.06. The van der Waals surface area contributed by atoms with Crippen molar-refractivity contribution >= 4 is 17.9 Å². The molecule has 116 valence electrons. The molecule has 2 rings (SSSR count). The number of imidazole rings is 1. The summed E-state index contributed by atoms with van der Waals surface area (Å²) in [6.07, 6.45) is 4.25. The Balaban J connectivity index is 0.00000106. The molecule has 0 bridgehead atoms. The summed E-state index contributed by atoms with van der Waals surface area (Å²) in [6.45, 7) is 7.69. The third kappa shape index (κ3) is 3.15. The number of nitrogens with zero attached hydrogens (tertiary/aromatic N) is 2. The fraction of sp³-hybridized carbons (Fsp3) is 0.533. The number of imide groups is 1. The SMILES string of the molecule is C/C=C\c1c(C)n(C)c(=O)n1C1CCC(=O)NC1=O.CC. The van der Waals surface area contributed by atoms with Crippen LogP contribution in [-0.4, -0.2) is 20.9 Å². The van der Waals surface area contributed by atoms with E-state index in [0.29, 0.717) is 12.1 Å². The molecule has 0 saturated carbocycles. The van der Waals surface area contributed by atoms with Crippen LogP contribution in [0.5, 0.6) is 0 Å². The van der Waals surface area contributed by atoms with Crippen LogP contribution in [0.1, 0.15) is 51.0 Å². The molecular formula is C15H23N3O3. The van der Waals surface area contributed by atoms with Gasteiger partial charge in [-0.15, -0.1) is 0 Å². The fourth-order valence-electron chi connectivity index (χ4n) is 2.34. The third-order valence-electron chi connectivity index (χ3n) is 3.47. The second-order valence-electron chi connectivity index (χ2n) is 4.65. The number of allylic oxidation sites excluding steroid dienone is 1. The Bertz CT molecular complexity index is 623. The highest BCUT2D eigenvalue weighted by molar-refractivity contribution is 5.99. The maximum absolute atomic E-state index is 12.2. The summed E-state index contributed by atoms with van der Waals surface area (Å²) in [7, 11) is 1.67. The van der Waals surface area contributed by atoms with Crippen LogP contribution in [0.3, 0.4) is 0 Å². The zero-order chi connectivity index (χ0) is 16.2. The van der Waals surface area contributed by atoms with Gasteiger partial charge >= 0.3 is 5.69 Å².